The molecule has 2 aliphatic rings. The molecule has 0 saturated heterocycles. The van der Waals surface area contributed by atoms with Crippen LogP contribution in [0.3, 0.4) is 0 Å². The highest BCUT2D eigenvalue weighted by Crippen LogP contribution is 2.57. The summed E-state index contributed by atoms with van der Waals surface area (Å²) in [5.41, 5.74) is 13.4. The Hall–Kier alpha value is -6.17. The first kappa shape index (κ1) is 32.5. The Morgan fingerprint density at radius 1 is 0.593 bits per heavy atom. The van der Waals surface area contributed by atoms with E-state index in [1.807, 2.05) is 16.3 Å². The maximum atomic E-state index is 6.62. The normalized spacial score (nSPS) is 14.6. The molecule has 1 aliphatic carbocycles. The van der Waals surface area contributed by atoms with Crippen molar-refractivity contribution in [3.63, 3.8) is 0 Å². The number of hydrogen-bond donors (Lipinski definition) is 0. The van der Waals surface area contributed by atoms with Gasteiger partial charge in [0.2, 0.25) is 0 Å². The number of hydroxylamine groups is 1. The van der Waals surface area contributed by atoms with Gasteiger partial charge in [0.05, 0.1) is 39.6 Å². The molecule has 3 heterocycles. The Bertz CT molecular complexity index is 2710. The molecule has 54 heavy (non-hydrogen) atoms. The summed E-state index contributed by atoms with van der Waals surface area (Å²) in [7, 11) is 0. The van der Waals surface area contributed by atoms with Crippen LogP contribution in [0.5, 0.6) is 0 Å². The van der Waals surface area contributed by atoms with Crippen LogP contribution in [0, 0.1) is 0 Å². The number of para-hydroxylation sites is 3. The third-order valence-corrected chi connectivity index (χ3v) is 11.4. The van der Waals surface area contributed by atoms with Gasteiger partial charge >= 0.3 is 0 Å². The Morgan fingerprint density at radius 3 is 1.98 bits per heavy atom. The van der Waals surface area contributed by atoms with Crippen molar-refractivity contribution in [3.8, 4) is 16.9 Å². The highest BCUT2D eigenvalue weighted by atomic mass is 16.8. The molecule has 8 aromatic rings. The fraction of sp³-hybridized carbons (Fsp3) is 0.163. The van der Waals surface area contributed by atoms with E-state index in [9.17, 15) is 0 Å². The number of rotatable bonds is 5. The zero-order valence-electron chi connectivity index (χ0n) is 31.3. The van der Waals surface area contributed by atoms with E-state index in [4.69, 9.17) is 9.92 Å². The molecule has 0 saturated carbocycles. The summed E-state index contributed by atoms with van der Waals surface area (Å²) in [4.78, 5) is 11.6. The first-order valence-electron chi connectivity index (χ1n) is 18.9. The van der Waals surface area contributed by atoms with Gasteiger partial charge in [0.25, 0.3) is 0 Å². The van der Waals surface area contributed by atoms with Crippen molar-refractivity contribution in [2.24, 2.45) is 0 Å². The molecule has 0 atom stereocenters. The molecule has 10 rings (SSSR count). The van der Waals surface area contributed by atoms with Crippen LogP contribution < -0.4 is 10.1 Å². The lowest BCUT2D eigenvalue weighted by molar-refractivity contribution is 0.112. The minimum Gasteiger partial charge on any atom is -0.294 e. The third-order valence-electron chi connectivity index (χ3n) is 11.4. The zero-order chi connectivity index (χ0) is 36.8. The average molecular weight is 703 g/mol. The van der Waals surface area contributed by atoms with E-state index in [-0.39, 0.29) is 11.5 Å². The van der Waals surface area contributed by atoms with Gasteiger partial charge in [-0.15, -0.1) is 4.94 Å². The highest BCUT2D eigenvalue weighted by molar-refractivity contribution is 6.09. The maximum absolute atomic E-state index is 6.62. The fourth-order valence-corrected chi connectivity index (χ4v) is 8.90. The van der Waals surface area contributed by atoms with Crippen LogP contribution in [-0.4, -0.2) is 15.6 Å². The van der Waals surface area contributed by atoms with E-state index >= 15 is 0 Å². The smallest absolute Gasteiger partial charge is 0.137 e. The summed E-state index contributed by atoms with van der Waals surface area (Å²) in [6.45, 7) is 11.1. The number of hydrogen-bond acceptors (Lipinski definition) is 4. The lowest BCUT2D eigenvalue weighted by Gasteiger charge is -2.34. The molecule has 0 radical (unpaired) electrons. The first-order valence-corrected chi connectivity index (χ1v) is 18.9. The molecule has 5 nitrogen and oxygen atoms in total. The number of pyridine rings is 1. The average Bonchev–Trinajstić information content (AvgIpc) is 3.85. The van der Waals surface area contributed by atoms with Crippen LogP contribution in [0.4, 0.5) is 17.1 Å². The van der Waals surface area contributed by atoms with Crippen LogP contribution in [0.2, 0.25) is 0 Å². The highest BCUT2D eigenvalue weighted by Gasteiger charge is 2.46. The first-order chi connectivity index (χ1) is 26.2. The molecule has 0 unspecified atom stereocenters. The molecular weight excluding hydrogens is 661 g/mol. The zero-order valence-corrected chi connectivity index (χ0v) is 31.3. The minimum atomic E-state index is -0.615. The van der Waals surface area contributed by atoms with Crippen LogP contribution in [0.15, 0.2) is 158 Å². The number of aromatic nitrogens is 2. The van der Waals surface area contributed by atoms with E-state index in [1.54, 1.807) is 0 Å². The topological polar surface area (TPSA) is 33.5 Å². The summed E-state index contributed by atoms with van der Waals surface area (Å²) in [5.74, 6) is 0.925. The summed E-state index contributed by atoms with van der Waals surface area (Å²) >= 11 is 0. The van der Waals surface area contributed by atoms with E-state index < -0.39 is 5.41 Å². The van der Waals surface area contributed by atoms with E-state index in [0.717, 1.165) is 33.9 Å². The van der Waals surface area contributed by atoms with Crippen molar-refractivity contribution in [3.05, 3.63) is 186 Å². The minimum absolute atomic E-state index is 0.0142. The van der Waals surface area contributed by atoms with Gasteiger partial charge in [-0.3, -0.25) is 4.57 Å². The van der Waals surface area contributed by atoms with Gasteiger partial charge in [0.15, 0.2) is 0 Å². The number of benzene rings is 6. The van der Waals surface area contributed by atoms with E-state index in [0.29, 0.717) is 0 Å². The SMILES string of the molecule is CC(C)N1ON(c2cccc(C3(c4ccc5c6ccccc6n(-c6cc(C(C)(C)C)ccn6)c5c4)c4ccccc4-c4ccccc43)c2)c2ccccc21. The Morgan fingerprint density at radius 2 is 1.24 bits per heavy atom. The fourth-order valence-electron chi connectivity index (χ4n) is 8.90. The van der Waals surface area contributed by atoms with Crippen molar-refractivity contribution in [2.75, 3.05) is 10.1 Å². The second-order valence-corrected chi connectivity index (χ2v) is 15.9. The van der Waals surface area contributed by atoms with Crippen LogP contribution in [-0.2, 0) is 15.8 Å². The van der Waals surface area contributed by atoms with Gasteiger partial charge in [-0.25, -0.2) is 10.0 Å². The van der Waals surface area contributed by atoms with Gasteiger partial charge in [0.1, 0.15) is 5.82 Å². The monoisotopic (exact) mass is 702 g/mol. The maximum Gasteiger partial charge on any atom is 0.137 e. The predicted octanol–water partition coefficient (Wildman–Crippen LogP) is 12.1. The molecule has 2 aromatic heterocycles. The second-order valence-electron chi connectivity index (χ2n) is 15.9. The van der Waals surface area contributed by atoms with E-state index in [1.165, 1.54) is 49.7 Å². The standard InChI is InChI=1S/C49H42N4O/c1-32(2)52-44-23-12-13-24-45(44)53(54-52)36-16-14-15-34(29-36)49(41-20-9-6-17-37(41)38-18-7-10-21-42(38)49)35-25-26-40-39-19-8-11-22-43(39)51(46(40)30-35)47-31-33(27-28-50-47)48(3,4)5/h6-32H,1-5H3. The largest absolute Gasteiger partial charge is 0.294 e. The van der Waals surface area contributed by atoms with Gasteiger partial charge in [-0.2, -0.15) is 5.06 Å². The Kier molecular flexibility index (Phi) is 7.17. The van der Waals surface area contributed by atoms with Gasteiger partial charge in [-0.05, 0) is 107 Å². The molecule has 1 aliphatic heterocycles. The third kappa shape index (κ3) is 4.64. The molecule has 0 amide bonds. The Balaban J connectivity index is 1.26. The van der Waals surface area contributed by atoms with Crippen LogP contribution >= 0.6 is 0 Å². The van der Waals surface area contributed by atoms with Crippen LogP contribution in [0.1, 0.15) is 62.4 Å². The molecule has 5 heteroatoms. The molecule has 6 aromatic carbocycles. The molecule has 0 spiro atoms. The van der Waals surface area contributed by atoms with Gasteiger partial charge in [-0.1, -0.05) is 124 Å². The number of anilines is 3. The van der Waals surface area contributed by atoms with Crippen molar-refractivity contribution in [1.29, 1.82) is 0 Å². The lowest BCUT2D eigenvalue weighted by Crippen LogP contribution is -2.31. The number of fused-ring (bicyclic) bond motifs is 7. The van der Waals surface area contributed by atoms with Gasteiger partial charge < -0.3 is 0 Å². The number of nitrogens with zero attached hydrogens (tertiary/aromatic N) is 4. The van der Waals surface area contributed by atoms with Crippen molar-refractivity contribution >= 4 is 38.9 Å². The molecule has 0 fully saturated rings. The summed E-state index contributed by atoms with van der Waals surface area (Å²) < 4.78 is 2.36. The predicted molar refractivity (Wildman–Crippen MR) is 222 cm³/mol. The molecule has 0 N–H and O–H groups in total. The van der Waals surface area contributed by atoms with Crippen molar-refractivity contribution < 1.29 is 4.94 Å². The second kappa shape index (κ2) is 11.9. The van der Waals surface area contributed by atoms with Crippen molar-refractivity contribution in [1.82, 2.24) is 9.55 Å². The van der Waals surface area contributed by atoms with Crippen molar-refractivity contribution in [2.45, 2.75) is 51.5 Å². The van der Waals surface area contributed by atoms with E-state index in [2.05, 4.69) is 191 Å². The lowest BCUT2D eigenvalue weighted by atomic mass is 9.67. The Labute approximate surface area is 316 Å². The summed E-state index contributed by atoms with van der Waals surface area (Å²) in [6.07, 6.45) is 1.95. The van der Waals surface area contributed by atoms with Gasteiger partial charge in [0, 0.05) is 17.0 Å². The molecule has 0 bridgehead atoms. The molecule has 264 valence electrons. The quantitative estimate of drug-likeness (QED) is 0.179. The van der Waals surface area contributed by atoms with Crippen LogP contribution in [0.25, 0.3) is 38.8 Å². The summed E-state index contributed by atoms with van der Waals surface area (Å²) in [6, 6.07) is 55.6. The summed E-state index contributed by atoms with van der Waals surface area (Å²) in [5, 5.41) is 6.39. The molecular formula is C49H42N4O.